The van der Waals surface area contributed by atoms with Crippen LogP contribution in [-0.4, -0.2) is 28.2 Å². The average Bonchev–Trinajstić information content (AvgIpc) is 2.39. The van der Waals surface area contributed by atoms with E-state index in [1.54, 1.807) is 12.3 Å². The van der Waals surface area contributed by atoms with Crippen LogP contribution in [0.3, 0.4) is 0 Å². The highest BCUT2D eigenvalue weighted by Crippen LogP contribution is 2.24. The molecule has 2 atom stereocenters. The summed E-state index contributed by atoms with van der Waals surface area (Å²) in [4.78, 5) is 10.1. The van der Waals surface area contributed by atoms with Crippen molar-refractivity contribution in [2.24, 2.45) is 5.10 Å². The fourth-order valence-corrected chi connectivity index (χ4v) is 2.53. The number of nitrogens with zero attached hydrogens (tertiary/aromatic N) is 3. The summed E-state index contributed by atoms with van der Waals surface area (Å²) in [5.41, 5.74) is 0.162. The molecule has 0 amide bonds. The Morgan fingerprint density at radius 1 is 1.35 bits per heavy atom. The van der Waals surface area contributed by atoms with Crippen molar-refractivity contribution in [3.8, 4) is 5.75 Å². The number of rotatable bonds is 3. The first-order chi connectivity index (χ1) is 9.49. The molecule has 6 heteroatoms. The quantitative estimate of drug-likeness (QED) is 0.481. The van der Waals surface area contributed by atoms with Crippen molar-refractivity contribution in [1.29, 1.82) is 0 Å². The van der Waals surface area contributed by atoms with E-state index in [1.165, 1.54) is 18.6 Å². The van der Waals surface area contributed by atoms with Gasteiger partial charge in [-0.3, -0.25) is 15.1 Å². The zero-order valence-electron chi connectivity index (χ0n) is 11.7. The van der Waals surface area contributed by atoms with E-state index in [2.05, 4.69) is 18.9 Å². The van der Waals surface area contributed by atoms with Crippen molar-refractivity contribution in [1.82, 2.24) is 5.01 Å². The summed E-state index contributed by atoms with van der Waals surface area (Å²) in [6, 6.07) is 4.76. The van der Waals surface area contributed by atoms with Crippen LogP contribution in [0.25, 0.3) is 0 Å². The Hall–Kier alpha value is -2.11. The van der Waals surface area contributed by atoms with Gasteiger partial charge in [0.2, 0.25) is 0 Å². The molecule has 0 N–H and O–H groups in total. The second kappa shape index (κ2) is 5.90. The standard InChI is InChI=1S/C14H19N3O3/c1-10-4-3-5-11(2)16(10)15-9-12-6-7-14(18)13(8-12)17(19)20/h6-11,18H,3-5H2,1-2H3/p-1/b15-9-/t10-,11-/m1/s1. The van der Waals surface area contributed by atoms with Crippen LogP contribution >= 0.6 is 0 Å². The van der Waals surface area contributed by atoms with Gasteiger partial charge < -0.3 is 5.11 Å². The Bertz CT molecular complexity index is 520. The lowest BCUT2D eigenvalue weighted by atomic mass is 10.00. The number of nitro groups is 1. The van der Waals surface area contributed by atoms with E-state index >= 15 is 0 Å². The molecule has 0 bridgehead atoms. The lowest BCUT2D eigenvalue weighted by molar-refractivity contribution is -0.398. The van der Waals surface area contributed by atoms with Crippen molar-refractivity contribution in [2.45, 2.75) is 45.2 Å². The SMILES string of the molecule is C[C@@H]1CCC[C@@H](C)N1/N=C\c1ccc([O-])c([N+](=O)[O-])c1. The summed E-state index contributed by atoms with van der Waals surface area (Å²) in [6.45, 7) is 4.24. The molecule has 0 aliphatic carbocycles. The van der Waals surface area contributed by atoms with Crippen LogP contribution in [0.2, 0.25) is 0 Å². The summed E-state index contributed by atoms with van der Waals surface area (Å²) >= 11 is 0. The minimum atomic E-state index is -0.661. The molecule has 108 valence electrons. The van der Waals surface area contributed by atoms with E-state index in [0.717, 1.165) is 12.8 Å². The minimum absolute atomic E-state index is 0.365. The Morgan fingerprint density at radius 3 is 2.60 bits per heavy atom. The third-order valence-electron chi connectivity index (χ3n) is 3.67. The monoisotopic (exact) mass is 276 g/mol. The number of hydrazone groups is 1. The molecule has 1 fully saturated rings. The first-order valence-electron chi connectivity index (χ1n) is 6.77. The van der Waals surface area contributed by atoms with Gasteiger partial charge in [-0.1, -0.05) is 12.1 Å². The van der Waals surface area contributed by atoms with Crippen LogP contribution in [-0.2, 0) is 0 Å². The maximum absolute atomic E-state index is 11.3. The van der Waals surface area contributed by atoms with Crippen molar-refractivity contribution < 1.29 is 10.0 Å². The van der Waals surface area contributed by atoms with Crippen molar-refractivity contribution >= 4 is 11.9 Å². The summed E-state index contributed by atoms with van der Waals surface area (Å²) in [6.07, 6.45) is 4.98. The van der Waals surface area contributed by atoms with Gasteiger partial charge in [0, 0.05) is 23.7 Å². The third-order valence-corrected chi connectivity index (χ3v) is 3.67. The Morgan fingerprint density at radius 2 is 2.00 bits per heavy atom. The Labute approximate surface area is 117 Å². The number of nitro benzene ring substituents is 1. The maximum atomic E-state index is 11.3. The summed E-state index contributed by atoms with van der Waals surface area (Å²) < 4.78 is 0. The maximum Gasteiger partial charge on any atom is 0.262 e. The molecule has 20 heavy (non-hydrogen) atoms. The van der Waals surface area contributed by atoms with Gasteiger partial charge in [-0.2, -0.15) is 5.10 Å². The van der Waals surface area contributed by atoms with Gasteiger partial charge in [0.1, 0.15) is 0 Å². The molecule has 0 aromatic heterocycles. The Kier molecular flexibility index (Phi) is 4.22. The Balaban J connectivity index is 2.18. The predicted molar refractivity (Wildman–Crippen MR) is 74.8 cm³/mol. The largest absolute Gasteiger partial charge is 0.868 e. The first kappa shape index (κ1) is 14.3. The van der Waals surface area contributed by atoms with Crippen LogP contribution in [0.5, 0.6) is 5.75 Å². The highest BCUT2D eigenvalue weighted by Gasteiger charge is 2.22. The van der Waals surface area contributed by atoms with Crippen molar-refractivity contribution in [2.75, 3.05) is 0 Å². The fourth-order valence-electron chi connectivity index (χ4n) is 2.53. The predicted octanol–water partition coefficient (Wildman–Crippen LogP) is 2.27. The van der Waals surface area contributed by atoms with Crippen LogP contribution in [0.1, 0.15) is 38.7 Å². The van der Waals surface area contributed by atoms with E-state index in [-0.39, 0.29) is 0 Å². The zero-order chi connectivity index (χ0) is 14.7. The lowest BCUT2D eigenvalue weighted by Crippen LogP contribution is -2.39. The second-order valence-electron chi connectivity index (χ2n) is 5.24. The molecule has 0 saturated carbocycles. The fraction of sp³-hybridized carbons (Fsp3) is 0.500. The van der Waals surface area contributed by atoms with E-state index in [0.29, 0.717) is 17.6 Å². The van der Waals surface area contributed by atoms with Crippen molar-refractivity contribution in [3.63, 3.8) is 0 Å². The van der Waals surface area contributed by atoms with Gasteiger partial charge in [0.15, 0.2) is 0 Å². The molecule has 1 aliphatic rings. The molecule has 2 rings (SSSR count). The van der Waals surface area contributed by atoms with Gasteiger partial charge >= 0.3 is 0 Å². The summed E-state index contributed by atoms with van der Waals surface area (Å²) in [7, 11) is 0. The van der Waals surface area contributed by atoms with E-state index < -0.39 is 16.4 Å². The third kappa shape index (κ3) is 3.07. The molecule has 1 saturated heterocycles. The molecule has 0 radical (unpaired) electrons. The molecular formula is C14H18N3O3-. The highest BCUT2D eigenvalue weighted by molar-refractivity contribution is 5.81. The van der Waals surface area contributed by atoms with E-state index in [9.17, 15) is 15.2 Å². The van der Waals surface area contributed by atoms with E-state index in [4.69, 9.17) is 0 Å². The van der Waals surface area contributed by atoms with Crippen LogP contribution < -0.4 is 5.11 Å². The first-order valence-corrected chi connectivity index (χ1v) is 6.77. The number of benzene rings is 1. The molecule has 1 aliphatic heterocycles. The van der Waals surface area contributed by atoms with Crippen LogP contribution in [0, 0.1) is 10.1 Å². The van der Waals surface area contributed by atoms with Gasteiger partial charge in [0.25, 0.3) is 5.69 Å². The second-order valence-corrected chi connectivity index (χ2v) is 5.24. The molecule has 0 spiro atoms. The lowest BCUT2D eigenvalue weighted by Gasteiger charge is -2.36. The summed E-state index contributed by atoms with van der Waals surface area (Å²) in [5, 5.41) is 28.5. The normalized spacial score (nSPS) is 23.2. The van der Waals surface area contributed by atoms with Gasteiger partial charge in [-0.05, 0) is 38.9 Å². The molecule has 1 aromatic rings. The molecule has 0 unspecified atom stereocenters. The molecule has 1 aromatic carbocycles. The number of piperidine rings is 1. The van der Waals surface area contributed by atoms with Gasteiger partial charge in [0.05, 0.1) is 11.1 Å². The molecule has 6 nitrogen and oxygen atoms in total. The smallest absolute Gasteiger partial charge is 0.262 e. The number of hydrogen-bond donors (Lipinski definition) is 0. The summed E-state index contributed by atoms with van der Waals surface area (Å²) in [5.74, 6) is -0.577. The van der Waals surface area contributed by atoms with E-state index in [1.807, 2.05) is 5.01 Å². The van der Waals surface area contributed by atoms with Crippen LogP contribution in [0.15, 0.2) is 23.3 Å². The average molecular weight is 276 g/mol. The number of hydrogen-bond acceptors (Lipinski definition) is 5. The molecular weight excluding hydrogens is 258 g/mol. The molecule has 1 heterocycles. The highest BCUT2D eigenvalue weighted by atomic mass is 16.6. The minimum Gasteiger partial charge on any atom is -0.868 e. The van der Waals surface area contributed by atoms with Crippen molar-refractivity contribution in [3.05, 3.63) is 33.9 Å². The topological polar surface area (TPSA) is 81.8 Å². The van der Waals surface area contributed by atoms with Crippen LogP contribution in [0.4, 0.5) is 5.69 Å². The van der Waals surface area contributed by atoms with Gasteiger partial charge in [-0.15, -0.1) is 0 Å². The van der Waals surface area contributed by atoms with Gasteiger partial charge in [-0.25, -0.2) is 0 Å². The zero-order valence-corrected chi connectivity index (χ0v) is 11.7.